The Labute approximate surface area is 208 Å². The zero-order chi connectivity index (χ0) is 24.8. The summed E-state index contributed by atoms with van der Waals surface area (Å²) in [6, 6.07) is 18.4. The second kappa shape index (κ2) is 11.1. The third-order valence-electron chi connectivity index (χ3n) is 4.77. The van der Waals surface area contributed by atoms with Crippen LogP contribution in [-0.4, -0.2) is 32.3 Å². The number of amides is 2. The molecule has 0 spiro atoms. The predicted molar refractivity (Wildman–Crippen MR) is 130 cm³/mol. The van der Waals surface area contributed by atoms with Crippen LogP contribution < -0.4 is 10.6 Å². The van der Waals surface area contributed by atoms with Crippen LogP contribution in [0.15, 0.2) is 78.0 Å². The first kappa shape index (κ1) is 24.4. The van der Waals surface area contributed by atoms with Crippen LogP contribution in [0.4, 0.5) is 14.5 Å². The molecule has 2 N–H and O–H groups in total. The largest absolute Gasteiger partial charge is 0.345 e. The third kappa shape index (κ3) is 6.03. The Morgan fingerprint density at radius 2 is 1.69 bits per heavy atom. The van der Waals surface area contributed by atoms with Crippen LogP contribution in [0.25, 0.3) is 5.69 Å². The number of para-hydroxylation sites is 1. The zero-order valence-corrected chi connectivity index (χ0v) is 19.6. The molecule has 7 nitrogen and oxygen atoms in total. The van der Waals surface area contributed by atoms with Crippen molar-refractivity contribution < 1.29 is 18.4 Å². The quantitative estimate of drug-likeness (QED) is 0.328. The lowest BCUT2D eigenvalue weighted by Gasteiger charge is -2.12. The molecule has 1 heterocycles. The van der Waals surface area contributed by atoms with Crippen molar-refractivity contribution in [1.29, 1.82) is 0 Å². The number of carbonyl (C=O) groups excluding carboxylic acids is 2. The minimum Gasteiger partial charge on any atom is -0.345 e. The van der Waals surface area contributed by atoms with Gasteiger partial charge in [-0.15, -0.1) is 10.2 Å². The van der Waals surface area contributed by atoms with Crippen LogP contribution in [-0.2, 0) is 11.3 Å². The molecule has 11 heteroatoms. The SMILES string of the molecule is O=C(CSc1nnc(CNC(=O)c2ccccc2F)n1-c1cccc(Cl)c1)Nc1ccccc1F. The predicted octanol–water partition coefficient (Wildman–Crippen LogP) is 4.86. The van der Waals surface area contributed by atoms with E-state index in [-0.39, 0.29) is 23.5 Å². The summed E-state index contributed by atoms with van der Waals surface area (Å²) in [6.45, 7) is -0.0608. The average Bonchev–Trinajstić information content (AvgIpc) is 3.26. The Balaban J connectivity index is 1.52. The molecule has 0 aliphatic carbocycles. The van der Waals surface area contributed by atoms with Gasteiger partial charge in [0.25, 0.3) is 5.91 Å². The molecule has 0 unspecified atom stereocenters. The molecule has 4 rings (SSSR count). The van der Waals surface area contributed by atoms with Gasteiger partial charge in [-0.1, -0.05) is 53.7 Å². The van der Waals surface area contributed by atoms with Gasteiger partial charge in [0.05, 0.1) is 29.2 Å². The van der Waals surface area contributed by atoms with E-state index in [4.69, 9.17) is 11.6 Å². The van der Waals surface area contributed by atoms with Crippen molar-refractivity contribution in [2.75, 3.05) is 11.1 Å². The van der Waals surface area contributed by atoms with Crippen molar-refractivity contribution >= 4 is 40.9 Å². The number of carbonyl (C=O) groups is 2. The molecule has 178 valence electrons. The molecular formula is C24H18ClF2N5O2S. The van der Waals surface area contributed by atoms with E-state index in [2.05, 4.69) is 20.8 Å². The number of rotatable bonds is 8. The molecule has 2 amide bonds. The molecule has 0 aliphatic rings. The van der Waals surface area contributed by atoms with Crippen molar-refractivity contribution in [3.8, 4) is 5.69 Å². The number of benzene rings is 3. The molecule has 0 atom stereocenters. The van der Waals surface area contributed by atoms with Gasteiger partial charge >= 0.3 is 0 Å². The molecule has 0 saturated heterocycles. The highest BCUT2D eigenvalue weighted by atomic mass is 35.5. The van der Waals surface area contributed by atoms with Gasteiger partial charge in [0.1, 0.15) is 11.6 Å². The van der Waals surface area contributed by atoms with Crippen molar-refractivity contribution in [3.05, 3.63) is 101 Å². The van der Waals surface area contributed by atoms with Crippen molar-refractivity contribution in [2.24, 2.45) is 0 Å². The van der Waals surface area contributed by atoms with Crippen LogP contribution in [0, 0.1) is 11.6 Å². The standard InChI is InChI=1S/C24H18ClF2N5O2S/c25-15-6-5-7-16(12-15)32-21(13-28-23(34)17-8-1-2-9-18(17)26)30-31-24(32)35-14-22(33)29-20-11-4-3-10-19(20)27/h1-12H,13-14H2,(H,28,34)(H,29,33). The summed E-state index contributed by atoms with van der Waals surface area (Å²) >= 11 is 7.23. The first-order valence-corrected chi connectivity index (χ1v) is 11.7. The summed E-state index contributed by atoms with van der Waals surface area (Å²) in [5.74, 6) is -1.96. The molecule has 3 aromatic carbocycles. The Kier molecular flexibility index (Phi) is 7.74. The Morgan fingerprint density at radius 3 is 2.43 bits per heavy atom. The highest BCUT2D eigenvalue weighted by Gasteiger charge is 2.18. The maximum Gasteiger partial charge on any atom is 0.254 e. The van der Waals surface area contributed by atoms with Crippen LogP contribution >= 0.6 is 23.4 Å². The van der Waals surface area contributed by atoms with E-state index in [0.29, 0.717) is 21.7 Å². The highest BCUT2D eigenvalue weighted by Crippen LogP contribution is 2.24. The fraction of sp³-hybridized carbons (Fsp3) is 0.0833. The van der Waals surface area contributed by atoms with Gasteiger partial charge in [-0.2, -0.15) is 0 Å². The van der Waals surface area contributed by atoms with Gasteiger partial charge in [0.15, 0.2) is 11.0 Å². The van der Waals surface area contributed by atoms with E-state index in [1.165, 1.54) is 36.4 Å². The van der Waals surface area contributed by atoms with Crippen LogP contribution in [0.1, 0.15) is 16.2 Å². The van der Waals surface area contributed by atoms with Gasteiger partial charge in [-0.05, 0) is 42.5 Å². The molecule has 4 aromatic rings. The summed E-state index contributed by atoms with van der Waals surface area (Å²) in [7, 11) is 0. The minimum absolute atomic E-state index is 0.0608. The van der Waals surface area contributed by atoms with Crippen molar-refractivity contribution in [3.63, 3.8) is 0 Å². The fourth-order valence-corrected chi connectivity index (χ4v) is 4.12. The van der Waals surface area contributed by atoms with Crippen molar-refractivity contribution in [1.82, 2.24) is 20.1 Å². The molecular weight excluding hydrogens is 496 g/mol. The number of thioether (sulfide) groups is 1. The molecule has 0 bridgehead atoms. The lowest BCUT2D eigenvalue weighted by Crippen LogP contribution is -2.25. The van der Waals surface area contributed by atoms with E-state index in [1.807, 2.05) is 0 Å². The fourth-order valence-electron chi connectivity index (χ4n) is 3.16. The number of nitrogens with one attached hydrogen (secondary N) is 2. The second-order valence-corrected chi connectivity index (χ2v) is 8.57. The normalized spacial score (nSPS) is 10.7. The topological polar surface area (TPSA) is 88.9 Å². The van der Waals surface area contributed by atoms with E-state index in [0.717, 1.165) is 11.8 Å². The number of hydrogen-bond donors (Lipinski definition) is 2. The lowest BCUT2D eigenvalue weighted by molar-refractivity contribution is -0.113. The molecule has 35 heavy (non-hydrogen) atoms. The summed E-state index contributed by atoms with van der Waals surface area (Å²) in [6.07, 6.45) is 0. The zero-order valence-electron chi connectivity index (χ0n) is 18.0. The molecule has 0 radical (unpaired) electrons. The Bertz CT molecular complexity index is 1380. The first-order valence-electron chi connectivity index (χ1n) is 10.3. The van der Waals surface area contributed by atoms with E-state index >= 15 is 0 Å². The molecule has 0 fully saturated rings. The Hall–Kier alpha value is -3.76. The second-order valence-electron chi connectivity index (χ2n) is 7.19. The summed E-state index contributed by atoms with van der Waals surface area (Å²) in [5.41, 5.74) is 0.585. The number of hydrogen-bond acceptors (Lipinski definition) is 5. The van der Waals surface area contributed by atoms with Crippen LogP contribution in [0.3, 0.4) is 0 Å². The maximum absolute atomic E-state index is 13.9. The Morgan fingerprint density at radius 1 is 0.943 bits per heavy atom. The monoisotopic (exact) mass is 513 g/mol. The number of halogens is 3. The van der Waals surface area contributed by atoms with Crippen LogP contribution in [0.2, 0.25) is 5.02 Å². The summed E-state index contributed by atoms with van der Waals surface area (Å²) < 4.78 is 29.4. The van der Waals surface area contributed by atoms with Gasteiger partial charge in [-0.25, -0.2) is 8.78 Å². The lowest BCUT2D eigenvalue weighted by atomic mass is 10.2. The van der Waals surface area contributed by atoms with Crippen LogP contribution in [0.5, 0.6) is 0 Å². The van der Waals surface area contributed by atoms with E-state index < -0.39 is 23.4 Å². The smallest absolute Gasteiger partial charge is 0.254 e. The minimum atomic E-state index is -0.640. The summed E-state index contributed by atoms with van der Waals surface area (Å²) in [5, 5.41) is 14.2. The third-order valence-corrected chi connectivity index (χ3v) is 5.94. The highest BCUT2D eigenvalue weighted by molar-refractivity contribution is 7.99. The summed E-state index contributed by atoms with van der Waals surface area (Å²) in [4.78, 5) is 24.8. The van der Waals surface area contributed by atoms with Gasteiger partial charge in [0, 0.05) is 5.02 Å². The van der Waals surface area contributed by atoms with Gasteiger partial charge < -0.3 is 10.6 Å². The van der Waals surface area contributed by atoms with Gasteiger partial charge in [0.2, 0.25) is 5.91 Å². The van der Waals surface area contributed by atoms with Gasteiger partial charge in [-0.3, -0.25) is 14.2 Å². The molecule has 0 saturated carbocycles. The van der Waals surface area contributed by atoms with E-state index in [9.17, 15) is 18.4 Å². The average molecular weight is 514 g/mol. The molecule has 0 aliphatic heterocycles. The number of aromatic nitrogens is 3. The maximum atomic E-state index is 13.9. The van der Waals surface area contributed by atoms with E-state index in [1.54, 1.807) is 41.0 Å². The molecule has 1 aromatic heterocycles. The number of nitrogens with zero attached hydrogens (tertiary/aromatic N) is 3. The first-order chi connectivity index (χ1) is 16.9. The van der Waals surface area contributed by atoms with Crippen molar-refractivity contribution in [2.45, 2.75) is 11.7 Å². The number of anilines is 1.